The van der Waals surface area contributed by atoms with Gasteiger partial charge in [-0.3, -0.25) is 14.9 Å². The molecule has 3 rings (SSSR count). The molecule has 0 atom stereocenters. The number of nitrogens with zero attached hydrogens (tertiary/aromatic N) is 2. The molecule has 0 saturated carbocycles. The minimum absolute atomic E-state index is 0.145. The molecule has 0 radical (unpaired) electrons. The van der Waals surface area contributed by atoms with Gasteiger partial charge in [-0.2, -0.15) is 5.26 Å². The molecule has 4 amide bonds. The van der Waals surface area contributed by atoms with Gasteiger partial charge in [0.1, 0.15) is 23.1 Å². The first-order chi connectivity index (χ1) is 15.4. The third-order valence-electron chi connectivity index (χ3n) is 4.52. The highest BCUT2D eigenvalue weighted by Gasteiger charge is 2.38. The van der Waals surface area contributed by atoms with E-state index in [-0.39, 0.29) is 23.6 Å². The molecule has 1 aliphatic rings. The minimum atomic E-state index is -0.904. The van der Waals surface area contributed by atoms with Gasteiger partial charge in [-0.25, -0.2) is 9.69 Å². The van der Waals surface area contributed by atoms with Gasteiger partial charge in [0.15, 0.2) is 18.1 Å². The SMILES string of the molecule is COc1ccc(N2C(=O)NC(=O)C(=Cc3ccc(OCC#N)c(OC)c3)C2=O)c(OC)c1. The first-order valence-corrected chi connectivity index (χ1v) is 9.24. The highest BCUT2D eigenvalue weighted by Crippen LogP contribution is 2.35. The second-order valence-electron chi connectivity index (χ2n) is 6.35. The van der Waals surface area contributed by atoms with Crippen LogP contribution in [0.1, 0.15) is 5.56 Å². The fourth-order valence-corrected chi connectivity index (χ4v) is 3.02. The number of barbiturate groups is 1. The van der Waals surface area contributed by atoms with Gasteiger partial charge >= 0.3 is 6.03 Å². The zero-order valence-corrected chi connectivity index (χ0v) is 17.5. The summed E-state index contributed by atoms with van der Waals surface area (Å²) in [4.78, 5) is 38.8. The first kappa shape index (κ1) is 22.2. The average Bonchev–Trinajstić information content (AvgIpc) is 2.80. The van der Waals surface area contributed by atoms with Crippen molar-refractivity contribution in [3.8, 4) is 29.1 Å². The van der Waals surface area contributed by atoms with E-state index in [1.807, 2.05) is 6.07 Å². The van der Waals surface area contributed by atoms with Crippen LogP contribution in [0, 0.1) is 11.3 Å². The Labute approximate surface area is 183 Å². The van der Waals surface area contributed by atoms with Crippen LogP contribution in [0.4, 0.5) is 10.5 Å². The largest absolute Gasteiger partial charge is 0.497 e. The van der Waals surface area contributed by atoms with E-state index in [4.69, 9.17) is 24.2 Å². The number of nitriles is 1. The van der Waals surface area contributed by atoms with Gasteiger partial charge in [-0.05, 0) is 35.9 Å². The predicted molar refractivity (Wildman–Crippen MR) is 113 cm³/mol. The van der Waals surface area contributed by atoms with Crippen molar-refractivity contribution in [2.24, 2.45) is 0 Å². The number of nitrogens with one attached hydrogen (secondary N) is 1. The molecule has 1 N–H and O–H groups in total. The van der Waals surface area contributed by atoms with Crippen LogP contribution >= 0.6 is 0 Å². The number of hydrogen-bond donors (Lipinski definition) is 1. The lowest BCUT2D eigenvalue weighted by Gasteiger charge is -2.27. The molecule has 1 heterocycles. The van der Waals surface area contributed by atoms with E-state index < -0.39 is 17.8 Å². The predicted octanol–water partition coefficient (Wildman–Crippen LogP) is 2.28. The maximum absolute atomic E-state index is 13.1. The van der Waals surface area contributed by atoms with Crippen molar-refractivity contribution in [2.75, 3.05) is 32.8 Å². The highest BCUT2D eigenvalue weighted by molar-refractivity contribution is 6.39. The number of imide groups is 2. The summed E-state index contributed by atoms with van der Waals surface area (Å²) in [7, 11) is 4.27. The zero-order valence-electron chi connectivity index (χ0n) is 17.5. The van der Waals surface area contributed by atoms with Crippen LogP contribution in [-0.4, -0.2) is 45.8 Å². The number of carbonyl (C=O) groups is 3. The van der Waals surface area contributed by atoms with E-state index in [1.165, 1.54) is 45.6 Å². The maximum Gasteiger partial charge on any atom is 0.336 e. The molecule has 10 heteroatoms. The number of benzene rings is 2. The fraction of sp³-hybridized carbons (Fsp3) is 0.182. The van der Waals surface area contributed by atoms with Gasteiger partial charge in [0.25, 0.3) is 11.8 Å². The van der Waals surface area contributed by atoms with E-state index in [1.54, 1.807) is 18.2 Å². The second-order valence-corrected chi connectivity index (χ2v) is 6.35. The summed E-state index contributed by atoms with van der Waals surface area (Å²) in [6, 6.07) is 10.2. The topological polar surface area (TPSA) is 127 Å². The molecular weight excluding hydrogens is 418 g/mol. The Hall–Kier alpha value is -4.52. The normalized spacial score (nSPS) is 14.6. The summed E-state index contributed by atoms with van der Waals surface area (Å²) in [6.07, 6.45) is 1.32. The molecule has 1 aliphatic heterocycles. The number of rotatable bonds is 7. The molecule has 2 aromatic rings. The number of ether oxygens (including phenoxy) is 4. The van der Waals surface area contributed by atoms with Crippen LogP contribution < -0.4 is 29.2 Å². The van der Waals surface area contributed by atoms with Crippen LogP contribution in [0.3, 0.4) is 0 Å². The summed E-state index contributed by atoms with van der Waals surface area (Å²) in [5.41, 5.74) is 0.322. The lowest BCUT2D eigenvalue weighted by atomic mass is 10.1. The fourth-order valence-electron chi connectivity index (χ4n) is 3.02. The Bertz CT molecular complexity index is 1150. The number of methoxy groups -OCH3 is 3. The maximum atomic E-state index is 13.1. The van der Waals surface area contributed by atoms with Gasteiger partial charge in [0, 0.05) is 6.07 Å². The molecule has 0 aromatic heterocycles. The first-order valence-electron chi connectivity index (χ1n) is 9.24. The number of amides is 4. The van der Waals surface area contributed by atoms with Crippen LogP contribution in [0.15, 0.2) is 42.0 Å². The quantitative estimate of drug-likeness (QED) is 0.516. The third kappa shape index (κ3) is 4.32. The van der Waals surface area contributed by atoms with Crippen molar-refractivity contribution < 1.29 is 33.3 Å². The monoisotopic (exact) mass is 437 g/mol. The molecular formula is C22H19N3O7. The van der Waals surface area contributed by atoms with Crippen molar-refractivity contribution in [3.05, 3.63) is 47.5 Å². The smallest absolute Gasteiger partial charge is 0.336 e. The molecule has 0 aliphatic carbocycles. The standard InChI is InChI=1S/C22H19N3O7/c1-29-14-5-6-16(18(12-14)30-2)25-21(27)15(20(26)24-22(25)28)10-13-4-7-17(32-9-8-23)19(11-13)31-3/h4-7,10-12H,9H2,1-3H3,(H,24,26,28). The van der Waals surface area contributed by atoms with Gasteiger partial charge < -0.3 is 18.9 Å². The molecule has 1 saturated heterocycles. The lowest BCUT2D eigenvalue weighted by Crippen LogP contribution is -2.54. The van der Waals surface area contributed by atoms with E-state index in [2.05, 4.69) is 5.32 Å². The summed E-state index contributed by atoms with van der Waals surface area (Å²) >= 11 is 0. The van der Waals surface area contributed by atoms with Gasteiger partial charge in [-0.1, -0.05) is 6.07 Å². The minimum Gasteiger partial charge on any atom is -0.497 e. The van der Waals surface area contributed by atoms with E-state index in [0.717, 1.165) is 4.90 Å². The molecule has 0 bridgehead atoms. The summed E-state index contributed by atoms with van der Waals surface area (Å²) in [5, 5.41) is 10.8. The third-order valence-corrected chi connectivity index (χ3v) is 4.52. The Morgan fingerprint density at radius 2 is 1.72 bits per heavy atom. The van der Waals surface area contributed by atoms with E-state index in [0.29, 0.717) is 22.8 Å². The zero-order chi connectivity index (χ0) is 23.3. The van der Waals surface area contributed by atoms with Gasteiger partial charge in [0.05, 0.1) is 27.0 Å². The molecule has 0 unspecified atom stereocenters. The van der Waals surface area contributed by atoms with Crippen molar-refractivity contribution in [1.82, 2.24) is 5.32 Å². The van der Waals surface area contributed by atoms with Gasteiger partial charge in [-0.15, -0.1) is 0 Å². The second kappa shape index (κ2) is 9.53. The Morgan fingerprint density at radius 3 is 2.38 bits per heavy atom. The van der Waals surface area contributed by atoms with Crippen molar-refractivity contribution in [2.45, 2.75) is 0 Å². The summed E-state index contributed by atoms with van der Waals surface area (Å²) < 4.78 is 20.9. The number of hydrogen-bond acceptors (Lipinski definition) is 8. The number of anilines is 1. The molecule has 164 valence electrons. The number of carbonyl (C=O) groups excluding carboxylic acids is 3. The summed E-state index contributed by atoms with van der Waals surface area (Å²) in [5.74, 6) is -0.354. The Morgan fingerprint density at radius 1 is 0.969 bits per heavy atom. The van der Waals surface area contributed by atoms with E-state index in [9.17, 15) is 14.4 Å². The highest BCUT2D eigenvalue weighted by atomic mass is 16.5. The molecule has 10 nitrogen and oxygen atoms in total. The summed E-state index contributed by atoms with van der Waals surface area (Å²) in [6.45, 7) is -0.168. The average molecular weight is 437 g/mol. The van der Waals surface area contributed by atoms with Gasteiger partial charge in [0.2, 0.25) is 0 Å². The van der Waals surface area contributed by atoms with Crippen LogP contribution in [0.5, 0.6) is 23.0 Å². The number of urea groups is 1. The molecule has 32 heavy (non-hydrogen) atoms. The Balaban J connectivity index is 2.00. The van der Waals surface area contributed by atoms with Crippen LogP contribution in [0.2, 0.25) is 0 Å². The van der Waals surface area contributed by atoms with Crippen molar-refractivity contribution in [3.63, 3.8) is 0 Å². The molecule has 1 fully saturated rings. The molecule has 0 spiro atoms. The molecule has 2 aromatic carbocycles. The lowest BCUT2D eigenvalue weighted by molar-refractivity contribution is -0.122. The van der Waals surface area contributed by atoms with Crippen LogP contribution in [0.25, 0.3) is 6.08 Å². The van der Waals surface area contributed by atoms with Crippen molar-refractivity contribution >= 4 is 29.6 Å². The van der Waals surface area contributed by atoms with Crippen molar-refractivity contribution in [1.29, 1.82) is 5.26 Å². The van der Waals surface area contributed by atoms with E-state index >= 15 is 0 Å². The van der Waals surface area contributed by atoms with Crippen LogP contribution in [-0.2, 0) is 9.59 Å². The Kier molecular flexibility index (Phi) is 6.60.